The molecule has 0 spiro atoms. The van der Waals surface area contributed by atoms with Crippen LogP contribution in [0.3, 0.4) is 0 Å². The number of amides is 2. The quantitative estimate of drug-likeness (QED) is 0.500. The Morgan fingerprint density at radius 1 is 0.893 bits per heavy atom. The first-order valence-electron chi connectivity index (χ1n) is 8.06. The number of nitrogens with two attached hydrogens (primary N) is 1. The number of rotatable bonds is 8. The van der Waals surface area contributed by atoms with E-state index in [1.807, 2.05) is 0 Å². The van der Waals surface area contributed by atoms with Crippen LogP contribution in [-0.2, 0) is 14.3 Å². The van der Waals surface area contributed by atoms with Crippen molar-refractivity contribution in [2.24, 2.45) is 5.73 Å². The van der Waals surface area contributed by atoms with Gasteiger partial charge in [-0.3, -0.25) is 14.4 Å². The SMILES string of the molecule is NC(=O)CC(NC(=O)c1ccc(Cl)cc1)C(=O)OCC(=O)c1ccc(Cl)cc1. The maximum absolute atomic E-state index is 12.3. The van der Waals surface area contributed by atoms with Gasteiger partial charge in [0.1, 0.15) is 6.04 Å². The predicted octanol–water partition coefficient (Wildman–Crippen LogP) is 2.39. The van der Waals surface area contributed by atoms with Crippen molar-refractivity contribution in [2.75, 3.05) is 6.61 Å². The summed E-state index contributed by atoms with van der Waals surface area (Å²) in [6.07, 6.45) is -0.479. The number of halogens is 2. The van der Waals surface area contributed by atoms with Crippen molar-refractivity contribution < 1.29 is 23.9 Å². The molecular formula is C19H16Cl2N2O5. The van der Waals surface area contributed by atoms with Crippen molar-refractivity contribution in [3.8, 4) is 0 Å². The van der Waals surface area contributed by atoms with Gasteiger partial charge in [-0.25, -0.2) is 4.79 Å². The number of carbonyl (C=O) groups is 4. The van der Waals surface area contributed by atoms with Gasteiger partial charge in [-0.1, -0.05) is 23.2 Å². The minimum atomic E-state index is -1.33. The smallest absolute Gasteiger partial charge is 0.329 e. The van der Waals surface area contributed by atoms with E-state index in [0.717, 1.165) is 0 Å². The first kappa shape index (κ1) is 21.4. The average Bonchev–Trinajstić information content (AvgIpc) is 2.66. The molecule has 0 aliphatic carbocycles. The van der Waals surface area contributed by atoms with Crippen molar-refractivity contribution >= 4 is 46.8 Å². The summed E-state index contributed by atoms with van der Waals surface area (Å²) in [5.74, 6) is -2.86. The normalized spacial score (nSPS) is 11.4. The Hall–Kier alpha value is -2.90. The molecule has 0 heterocycles. The third kappa shape index (κ3) is 6.37. The number of ketones is 1. The molecule has 28 heavy (non-hydrogen) atoms. The molecule has 7 nitrogen and oxygen atoms in total. The van der Waals surface area contributed by atoms with Gasteiger partial charge >= 0.3 is 5.97 Å². The van der Waals surface area contributed by atoms with Crippen molar-refractivity contribution in [3.05, 3.63) is 69.7 Å². The van der Waals surface area contributed by atoms with E-state index in [1.54, 1.807) is 0 Å². The fourth-order valence-corrected chi connectivity index (χ4v) is 2.45. The van der Waals surface area contributed by atoms with E-state index in [4.69, 9.17) is 33.7 Å². The van der Waals surface area contributed by atoms with Crippen LogP contribution in [0.25, 0.3) is 0 Å². The molecule has 3 N–H and O–H groups in total. The molecule has 1 atom stereocenters. The Balaban J connectivity index is 2.00. The van der Waals surface area contributed by atoms with Crippen molar-refractivity contribution in [2.45, 2.75) is 12.5 Å². The Labute approximate surface area is 170 Å². The molecular weight excluding hydrogens is 407 g/mol. The van der Waals surface area contributed by atoms with Crippen LogP contribution in [0.4, 0.5) is 0 Å². The highest BCUT2D eigenvalue weighted by Gasteiger charge is 2.25. The van der Waals surface area contributed by atoms with Crippen LogP contribution in [0.5, 0.6) is 0 Å². The van der Waals surface area contributed by atoms with Crippen LogP contribution in [0.15, 0.2) is 48.5 Å². The number of benzene rings is 2. The molecule has 0 fully saturated rings. The number of ether oxygens (including phenoxy) is 1. The lowest BCUT2D eigenvalue weighted by Crippen LogP contribution is -2.44. The largest absolute Gasteiger partial charge is 0.456 e. The van der Waals surface area contributed by atoms with Gasteiger partial charge in [-0.15, -0.1) is 0 Å². The molecule has 0 saturated heterocycles. The highest BCUT2D eigenvalue weighted by Crippen LogP contribution is 2.11. The molecule has 2 aromatic carbocycles. The van der Waals surface area contributed by atoms with E-state index in [9.17, 15) is 19.2 Å². The second kappa shape index (κ2) is 9.87. The zero-order chi connectivity index (χ0) is 20.7. The molecule has 0 radical (unpaired) electrons. The summed E-state index contributed by atoms with van der Waals surface area (Å²) < 4.78 is 4.94. The number of carbonyl (C=O) groups excluding carboxylic acids is 4. The van der Waals surface area contributed by atoms with Crippen LogP contribution in [0.2, 0.25) is 10.0 Å². The minimum Gasteiger partial charge on any atom is -0.456 e. The number of primary amides is 1. The van der Waals surface area contributed by atoms with Crippen LogP contribution in [0.1, 0.15) is 27.1 Å². The summed E-state index contributed by atoms with van der Waals surface area (Å²) in [7, 11) is 0. The predicted molar refractivity (Wildman–Crippen MR) is 103 cm³/mol. The Morgan fingerprint density at radius 3 is 1.89 bits per heavy atom. The third-order valence-electron chi connectivity index (χ3n) is 3.61. The monoisotopic (exact) mass is 422 g/mol. The lowest BCUT2D eigenvalue weighted by molar-refractivity contribution is -0.146. The van der Waals surface area contributed by atoms with Gasteiger partial charge in [0.05, 0.1) is 6.42 Å². The average molecular weight is 423 g/mol. The fourth-order valence-electron chi connectivity index (χ4n) is 2.19. The Bertz CT molecular complexity index is 882. The zero-order valence-electron chi connectivity index (χ0n) is 14.5. The number of hydrogen-bond donors (Lipinski definition) is 2. The number of hydrogen-bond acceptors (Lipinski definition) is 5. The highest BCUT2D eigenvalue weighted by molar-refractivity contribution is 6.31. The molecule has 0 bridgehead atoms. The maximum Gasteiger partial charge on any atom is 0.329 e. The standard InChI is InChI=1S/C19H16Cl2N2O5/c20-13-5-1-11(2-6-13)16(24)10-28-19(27)15(9-17(22)25)23-18(26)12-3-7-14(21)8-4-12/h1-8,15H,9-10H2,(H2,22,25)(H,23,26). The number of esters is 1. The molecule has 2 aromatic rings. The van der Waals surface area contributed by atoms with E-state index in [1.165, 1.54) is 48.5 Å². The van der Waals surface area contributed by atoms with Crippen LogP contribution < -0.4 is 11.1 Å². The van der Waals surface area contributed by atoms with Crippen LogP contribution >= 0.6 is 23.2 Å². The van der Waals surface area contributed by atoms with Crippen molar-refractivity contribution in [1.29, 1.82) is 0 Å². The molecule has 1 unspecified atom stereocenters. The van der Waals surface area contributed by atoms with Crippen LogP contribution in [0, 0.1) is 0 Å². The molecule has 0 aliphatic rings. The summed E-state index contributed by atoms with van der Waals surface area (Å²) in [6, 6.07) is 10.6. The van der Waals surface area contributed by atoms with Crippen molar-refractivity contribution in [3.63, 3.8) is 0 Å². The van der Waals surface area contributed by atoms with Gasteiger partial charge in [0.2, 0.25) is 5.91 Å². The second-order valence-electron chi connectivity index (χ2n) is 5.74. The number of nitrogens with one attached hydrogen (secondary N) is 1. The topological polar surface area (TPSA) is 116 Å². The van der Waals surface area contributed by atoms with E-state index < -0.39 is 42.6 Å². The summed E-state index contributed by atoms with van der Waals surface area (Å²) in [5, 5.41) is 3.26. The molecule has 0 aromatic heterocycles. The van der Waals surface area contributed by atoms with Crippen LogP contribution in [-0.4, -0.2) is 36.2 Å². The summed E-state index contributed by atoms with van der Waals surface area (Å²) in [6.45, 7) is -0.563. The molecule has 2 amide bonds. The molecule has 0 aliphatic heterocycles. The maximum atomic E-state index is 12.3. The highest BCUT2D eigenvalue weighted by atomic mass is 35.5. The van der Waals surface area contributed by atoms with Crippen molar-refractivity contribution in [1.82, 2.24) is 5.32 Å². The molecule has 0 saturated carbocycles. The first-order valence-corrected chi connectivity index (χ1v) is 8.82. The summed E-state index contributed by atoms with van der Waals surface area (Å²) in [5.41, 5.74) is 5.66. The molecule has 2 rings (SSSR count). The van der Waals surface area contributed by atoms with Gasteiger partial charge in [-0.2, -0.15) is 0 Å². The minimum absolute atomic E-state index is 0.226. The van der Waals surface area contributed by atoms with E-state index in [0.29, 0.717) is 15.6 Å². The first-order chi connectivity index (χ1) is 13.3. The van der Waals surface area contributed by atoms with Gasteiger partial charge in [0, 0.05) is 21.2 Å². The Morgan fingerprint density at radius 2 is 1.39 bits per heavy atom. The third-order valence-corrected chi connectivity index (χ3v) is 4.12. The molecule has 146 valence electrons. The van der Waals surface area contributed by atoms with E-state index >= 15 is 0 Å². The number of Topliss-reactive ketones (excluding diaryl/α,β-unsaturated/α-hetero) is 1. The van der Waals surface area contributed by atoms with Gasteiger partial charge < -0.3 is 15.8 Å². The summed E-state index contributed by atoms with van der Waals surface area (Å²) in [4.78, 5) is 47.8. The lowest BCUT2D eigenvalue weighted by Gasteiger charge is -2.16. The fraction of sp³-hybridized carbons (Fsp3) is 0.158. The van der Waals surface area contributed by atoms with Gasteiger partial charge in [0.25, 0.3) is 5.91 Å². The van der Waals surface area contributed by atoms with Gasteiger partial charge in [0.15, 0.2) is 12.4 Å². The van der Waals surface area contributed by atoms with E-state index in [-0.39, 0.29) is 5.56 Å². The lowest BCUT2D eigenvalue weighted by atomic mass is 10.1. The molecule has 9 heteroatoms. The summed E-state index contributed by atoms with van der Waals surface area (Å²) >= 11 is 11.5. The van der Waals surface area contributed by atoms with Gasteiger partial charge in [-0.05, 0) is 48.5 Å². The zero-order valence-corrected chi connectivity index (χ0v) is 16.0. The Kier molecular flexibility index (Phi) is 7.54. The van der Waals surface area contributed by atoms with E-state index in [2.05, 4.69) is 5.32 Å². The second-order valence-corrected chi connectivity index (χ2v) is 6.61.